The maximum Gasteiger partial charge on any atom is 0.242 e. The Balaban J connectivity index is 1.73. The second-order valence-electron chi connectivity index (χ2n) is 21.3. The number of rotatable bonds is 40. The summed E-state index contributed by atoms with van der Waals surface area (Å²) in [7, 11) is 0. The highest BCUT2D eigenvalue weighted by molar-refractivity contribution is 5.88. The number of nitrogens with zero attached hydrogens (tertiary/aromatic N) is 1. The van der Waals surface area contributed by atoms with Gasteiger partial charge in [0.05, 0.1) is 57.3 Å². The minimum absolute atomic E-state index is 0.00203. The van der Waals surface area contributed by atoms with Gasteiger partial charge in [0.2, 0.25) is 29.5 Å². The summed E-state index contributed by atoms with van der Waals surface area (Å²) in [6, 6.07) is -2.19. The van der Waals surface area contributed by atoms with E-state index in [4.69, 9.17) is 28.4 Å². The van der Waals surface area contributed by atoms with Crippen molar-refractivity contribution in [3.05, 3.63) is 0 Å². The lowest BCUT2D eigenvalue weighted by Crippen LogP contribution is -2.58. The predicted octanol–water partition coefficient (Wildman–Crippen LogP) is -2.62. The molecule has 81 heavy (non-hydrogen) atoms. The van der Waals surface area contributed by atoms with Gasteiger partial charge in [0.1, 0.15) is 66.8 Å². The molecule has 0 aromatic carbocycles. The van der Waals surface area contributed by atoms with Gasteiger partial charge in [-0.3, -0.25) is 33.7 Å². The number of ether oxygens (including phenoxy) is 6. The number of hydrogen-bond acceptors (Lipinski definition) is 22. The van der Waals surface area contributed by atoms with Crippen molar-refractivity contribution in [3.63, 3.8) is 0 Å². The lowest BCUT2D eigenvalue weighted by molar-refractivity contribution is -0.292. The highest BCUT2D eigenvalue weighted by Crippen LogP contribution is 2.24. The number of carbonyl (C=O) groups excluding carboxylic acids is 6. The minimum Gasteiger partial charge on any atom is -0.388 e. The second-order valence-corrected chi connectivity index (χ2v) is 21.3. The van der Waals surface area contributed by atoms with Gasteiger partial charge in [0.25, 0.3) is 0 Å². The van der Waals surface area contributed by atoms with Crippen LogP contribution in [0, 0.1) is 0 Å². The van der Waals surface area contributed by atoms with E-state index < -0.39 is 141 Å². The summed E-state index contributed by atoms with van der Waals surface area (Å²) in [4.78, 5) is 81.7. The van der Waals surface area contributed by atoms with Crippen LogP contribution in [-0.4, -0.2) is 249 Å². The molecule has 470 valence electrons. The molecule has 0 bridgehead atoms. The molecule has 3 rings (SSSR count). The summed E-state index contributed by atoms with van der Waals surface area (Å²) >= 11 is 0. The summed E-state index contributed by atoms with van der Waals surface area (Å²) in [5.74, 6) is -2.89. The van der Waals surface area contributed by atoms with Gasteiger partial charge in [-0.1, -0.05) is 71.6 Å². The molecule has 0 saturated carbocycles. The Labute approximate surface area is 475 Å². The number of unbranched alkanes of at least 4 members (excludes halogenated alkanes) is 10. The minimum atomic E-state index is -1.62. The third-order valence-corrected chi connectivity index (χ3v) is 14.7. The van der Waals surface area contributed by atoms with E-state index in [2.05, 4.69) is 33.5 Å². The molecule has 0 aromatic heterocycles. The third-order valence-electron chi connectivity index (χ3n) is 14.7. The Morgan fingerprint density at radius 1 is 0.444 bits per heavy atom. The summed E-state index contributed by atoms with van der Waals surface area (Å²) < 4.78 is 33.1. The van der Waals surface area contributed by atoms with Crippen molar-refractivity contribution in [1.82, 2.24) is 31.5 Å². The lowest BCUT2D eigenvalue weighted by atomic mass is 10.0. The zero-order valence-electron chi connectivity index (χ0n) is 48.1. The SMILES string of the molecule is CCCCCCCCCCCCC(=O)N[C@@H](CCC(=O)CC)C(=O)NCCCC[C@@H](C(=O)NCCO[C@@H]1O[C@@H](C)[C@@H](O)[C@@H](O)[C@@H]1O)N(CC(=O)NCCO[C@@H]1O[C@@H](C)[C@@H](O)[C@@H](O)[C@@H]1O)CC(=O)NCCO[C@@H]1O[C@@H](C)[C@@H](O)[C@@H](O)[C@@H]1O. The van der Waals surface area contributed by atoms with Gasteiger partial charge in [0, 0.05) is 45.4 Å². The number of amides is 5. The highest BCUT2D eigenvalue weighted by atomic mass is 16.7. The van der Waals surface area contributed by atoms with Crippen LogP contribution in [0.15, 0.2) is 0 Å². The van der Waals surface area contributed by atoms with E-state index in [1.807, 2.05) is 0 Å². The highest BCUT2D eigenvalue weighted by Gasteiger charge is 2.45. The van der Waals surface area contributed by atoms with Crippen LogP contribution in [-0.2, 0) is 57.2 Å². The zero-order chi connectivity index (χ0) is 60.0. The van der Waals surface area contributed by atoms with E-state index in [1.165, 1.54) is 57.8 Å². The standard InChI is InChI=1S/C54H98N6O21/c1-6-8-9-10-11-12-13-14-15-16-20-38(62)59-36(22-21-35(61)7-2)50(74)57-23-18-17-19-37(51(75)58-26-29-78-54-49(73)46(70)43(67)34(5)81-54)60(30-39(63)55-24-27-76-52-47(71)44(68)41(65)32(3)79-52)31-40(64)56-25-28-77-53-48(72)45(69)42(66)33(4)80-53/h32-34,36-37,41-49,52-54,65-73H,6-31H2,1-5H3,(H,55,63)(H,56,64)(H,57,74)(H,58,75)(H,59,62)/t32-,33-,34-,36-,37-,41+,42+,43+,44+,45+,46+,47-,48-,49-,52+,53+,54+/m0/s1. The third kappa shape index (κ3) is 25.6. The fourth-order valence-corrected chi connectivity index (χ4v) is 9.48. The number of carbonyl (C=O) groups is 6. The van der Waals surface area contributed by atoms with Crippen LogP contribution in [0.2, 0.25) is 0 Å². The Kier molecular flexibility index (Phi) is 34.6. The van der Waals surface area contributed by atoms with Crippen LogP contribution >= 0.6 is 0 Å². The van der Waals surface area contributed by atoms with E-state index in [-0.39, 0.29) is 103 Å². The quantitative estimate of drug-likeness (QED) is 0.0279. The molecule has 0 aromatic rings. The molecule has 3 heterocycles. The van der Waals surface area contributed by atoms with Gasteiger partial charge < -0.3 is 101 Å². The van der Waals surface area contributed by atoms with Crippen molar-refractivity contribution in [3.8, 4) is 0 Å². The van der Waals surface area contributed by atoms with Crippen LogP contribution in [0.4, 0.5) is 0 Å². The fraction of sp³-hybridized carbons (Fsp3) is 0.889. The number of hydrogen-bond donors (Lipinski definition) is 14. The fourth-order valence-electron chi connectivity index (χ4n) is 9.48. The molecule has 3 saturated heterocycles. The van der Waals surface area contributed by atoms with E-state index in [0.717, 1.165) is 25.7 Å². The Hall–Kier alpha value is -3.62. The molecular weight excluding hydrogens is 1070 g/mol. The first kappa shape index (κ1) is 71.6. The molecule has 0 unspecified atom stereocenters. The Morgan fingerprint density at radius 2 is 0.852 bits per heavy atom. The van der Waals surface area contributed by atoms with Crippen molar-refractivity contribution in [2.24, 2.45) is 0 Å². The lowest BCUT2D eigenvalue weighted by Gasteiger charge is -2.39. The van der Waals surface area contributed by atoms with Crippen LogP contribution < -0.4 is 26.6 Å². The molecule has 3 aliphatic heterocycles. The molecule has 27 nitrogen and oxygen atoms in total. The smallest absolute Gasteiger partial charge is 0.242 e. The number of ketones is 1. The molecule has 0 spiro atoms. The van der Waals surface area contributed by atoms with Gasteiger partial charge in [0.15, 0.2) is 18.9 Å². The largest absolute Gasteiger partial charge is 0.388 e. The number of aliphatic hydroxyl groups excluding tert-OH is 9. The van der Waals surface area contributed by atoms with Crippen molar-refractivity contribution in [1.29, 1.82) is 0 Å². The monoisotopic (exact) mass is 1170 g/mol. The first-order chi connectivity index (χ1) is 38.6. The van der Waals surface area contributed by atoms with Crippen molar-refractivity contribution >= 4 is 35.3 Å². The molecule has 27 heteroatoms. The van der Waals surface area contributed by atoms with E-state index in [9.17, 15) is 74.7 Å². The maximum absolute atomic E-state index is 14.2. The molecule has 3 fully saturated rings. The number of nitrogens with one attached hydrogen (secondary N) is 5. The Morgan fingerprint density at radius 3 is 1.28 bits per heavy atom. The molecule has 0 radical (unpaired) electrons. The maximum atomic E-state index is 14.2. The number of aliphatic hydroxyl groups is 9. The summed E-state index contributed by atoms with van der Waals surface area (Å²) in [5, 5.41) is 106. The van der Waals surface area contributed by atoms with Crippen LogP contribution in [0.25, 0.3) is 0 Å². The first-order valence-corrected chi connectivity index (χ1v) is 29.2. The van der Waals surface area contributed by atoms with Crippen molar-refractivity contribution in [2.45, 2.75) is 248 Å². The van der Waals surface area contributed by atoms with E-state index in [1.54, 1.807) is 6.92 Å². The first-order valence-electron chi connectivity index (χ1n) is 29.2. The zero-order valence-corrected chi connectivity index (χ0v) is 48.1. The van der Waals surface area contributed by atoms with Gasteiger partial charge in [-0.25, -0.2) is 0 Å². The van der Waals surface area contributed by atoms with E-state index >= 15 is 0 Å². The second kappa shape index (κ2) is 39.1. The molecule has 14 N–H and O–H groups in total. The average Bonchev–Trinajstić information content (AvgIpc) is 3.44. The normalized spacial score (nSPS) is 29.3. The summed E-state index contributed by atoms with van der Waals surface area (Å²) in [6.07, 6.45) is -8.15. The van der Waals surface area contributed by atoms with Crippen LogP contribution in [0.5, 0.6) is 0 Å². The van der Waals surface area contributed by atoms with Gasteiger partial charge >= 0.3 is 0 Å². The topological polar surface area (TPSA) is 403 Å². The predicted molar refractivity (Wildman–Crippen MR) is 289 cm³/mol. The number of Topliss-reactive ketones (excluding diaryl/α,β-unsaturated/α-hetero) is 1. The van der Waals surface area contributed by atoms with Crippen molar-refractivity contribution < 1.29 is 103 Å². The molecular formula is C54H98N6O21. The summed E-state index contributed by atoms with van der Waals surface area (Å²) in [6.45, 7) is 6.03. The molecule has 3 aliphatic rings. The molecule has 0 aliphatic carbocycles. The van der Waals surface area contributed by atoms with E-state index in [0.29, 0.717) is 6.42 Å². The van der Waals surface area contributed by atoms with Gasteiger partial charge in [-0.15, -0.1) is 0 Å². The Bertz CT molecular complexity index is 1790. The van der Waals surface area contributed by atoms with Gasteiger partial charge in [-0.05, 0) is 52.9 Å². The van der Waals surface area contributed by atoms with Crippen molar-refractivity contribution in [2.75, 3.05) is 59.1 Å². The van der Waals surface area contributed by atoms with Crippen LogP contribution in [0.3, 0.4) is 0 Å². The van der Waals surface area contributed by atoms with Crippen LogP contribution in [0.1, 0.15) is 144 Å². The average molecular weight is 1170 g/mol. The van der Waals surface area contributed by atoms with Gasteiger partial charge in [-0.2, -0.15) is 0 Å². The molecule has 5 amide bonds. The summed E-state index contributed by atoms with van der Waals surface area (Å²) in [5.41, 5.74) is 0. The molecule has 17 atom stereocenters.